The van der Waals surface area contributed by atoms with Crippen molar-refractivity contribution >= 4 is 0 Å². The Labute approximate surface area is 126 Å². The van der Waals surface area contributed by atoms with E-state index in [1.807, 2.05) is 0 Å². The van der Waals surface area contributed by atoms with E-state index in [0.29, 0.717) is 6.04 Å². The second-order valence-electron chi connectivity index (χ2n) is 6.37. The Morgan fingerprint density at radius 2 is 1.75 bits per heavy atom. The first-order valence-electron chi connectivity index (χ1n) is 8.74. The summed E-state index contributed by atoms with van der Waals surface area (Å²) >= 11 is 0. The van der Waals surface area contributed by atoms with E-state index in [9.17, 15) is 0 Å². The standard InChI is InChI=1S/C17H36N2O/c1-5-7-9-17(8-6-2)19(16(3)4)11-10-18-12-14-20-15-13-18/h16-17H,5-15H2,1-4H3. The van der Waals surface area contributed by atoms with Crippen LogP contribution in [0.1, 0.15) is 59.8 Å². The van der Waals surface area contributed by atoms with Crippen LogP contribution in [0.3, 0.4) is 0 Å². The molecule has 0 bridgehead atoms. The van der Waals surface area contributed by atoms with Gasteiger partial charge in [0.05, 0.1) is 13.2 Å². The van der Waals surface area contributed by atoms with Crippen molar-refractivity contribution in [1.29, 1.82) is 0 Å². The van der Waals surface area contributed by atoms with Crippen LogP contribution in [0.2, 0.25) is 0 Å². The molecule has 0 spiro atoms. The molecule has 1 aliphatic heterocycles. The highest BCUT2D eigenvalue weighted by molar-refractivity contribution is 4.76. The van der Waals surface area contributed by atoms with Gasteiger partial charge in [0.1, 0.15) is 0 Å². The average molecular weight is 284 g/mol. The third kappa shape index (κ3) is 6.55. The Kier molecular flexibility index (Phi) is 9.49. The van der Waals surface area contributed by atoms with Crippen molar-refractivity contribution in [2.24, 2.45) is 0 Å². The van der Waals surface area contributed by atoms with Crippen LogP contribution in [0, 0.1) is 0 Å². The maximum atomic E-state index is 5.44. The van der Waals surface area contributed by atoms with Gasteiger partial charge in [-0.05, 0) is 26.7 Å². The van der Waals surface area contributed by atoms with Gasteiger partial charge in [-0.1, -0.05) is 33.1 Å². The number of hydrogen-bond acceptors (Lipinski definition) is 3. The minimum Gasteiger partial charge on any atom is -0.379 e. The lowest BCUT2D eigenvalue weighted by Gasteiger charge is -2.37. The van der Waals surface area contributed by atoms with Gasteiger partial charge in [0.2, 0.25) is 0 Å². The molecule has 1 saturated heterocycles. The molecule has 0 aromatic carbocycles. The molecule has 1 atom stereocenters. The lowest BCUT2D eigenvalue weighted by molar-refractivity contribution is 0.0266. The third-order valence-electron chi connectivity index (χ3n) is 4.42. The van der Waals surface area contributed by atoms with Gasteiger partial charge in [-0.3, -0.25) is 9.80 Å². The van der Waals surface area contributed by atoms with Crippen LogP contribution >= 0.6 is 0 Å². The summed E-state index contributed by atoms with van der Waals surface area (Å²) in [5.74, 6) is 0. The number of unbranched alkanes of at least 4 members (excludes halogenated alkanes) is 1. The largest absolute Gasteiger partial charge is 0.379 e. The minimum absolute atomic E-state index is 0.657. The van der Waals surface area contributed by atoms with Gasteiger partial charge >= 0.3 is 0 Å². The summed E-state index contributed by atoms with van der Waals surface area (Å²) in [6.45, 7) is 15.8. The summed E-state index contributed by atoms with van der Waals surface area (Å²) in [6, 6.07) is 1.44. The number of hydrogen-bond donors (Lipinski definition) is 0. The van der Waals surface area contributed by atoms with E-state index in [1.165, 1.54) is 45.2 Å². The third-order valence-corrected chi connectivity index (χ3v) is 4.42. The summed E-state index contributed by atoms with van der Waals surface area (Å²) in [6.07, 6.45) is 6.70. The monoisotopic (exact) mass is 284 g/mol. The summed E-state index contributed by atoms with van der Waals surface area (Å²) in [5.41, 5.74) is 0. The fourth-order valence-electron chi connectivity index (χ4n) is 3.19. The fourth-order valence-corrected chi connectivity index (χ4v) is 3.19. The molecule has 1 rings (SSSR count). The topological polar surface area (TPSA) is 15.7 Å². The van der Waals surface area contributed by atoms with E-state index < -0.39 is 0 Å². The van der Waals surface area contributed by atoms with Gasteiger partial charge in [0, 0.05) is 38.3 Å². The Bertz CT molecular complexity index is 227. The second kappa shape index (κ2) is 10.6. The highest BCUT2D eigenvalue weighted by Crippen LogP contribution is 2.17. The van der Waals surface area contributed by atoms with Crippen molar-refractivity contribution in [3.8, 4) is 0 Å². The van der Waals surface area contributed by atoms with Gasteiger partial charge < -0.3 is 4.74 Å². The molecule has 3 nitrogen and oxygen atoms in total. The number of rotatable bonds is 10. The Morgan fingerprint density at radius 1 is 1.05 bits per heavy atom. The lowest BCUT2D eigenvalue weighted by atomic mass is 10.0. The van der Waals surface area contributed by atoms with Gasteiger partial charge in [-0.2, -0.15) is 0 Å². The van der Waals surface area contributed by atoms with Crippen LogP contribution in [0.15, 0.2) is 0 Å². The molecule has 0 radical (unpaired) electrons. The normalized spacial score (nSPS) is 18.9. The zero-order chi connectivity index (χ0) is 14.8. The van der Waals surface area contributed by atoms with E-state index in [-0.39, 0.29) is 0 Å². The molecule has 20 heavy (non-hydrogen) atoms. The molecule has 0 aliphatic carbocycles. The first kappa shape index (κ1) is 17.9. The van der Waals surface area contributed by atoms with Crippen LogP contribution in [0.5, 0.6) is 0 Å². The molecular formula is C17H36N2O. The summed E-state index contributed by atoms with van der Waals surface area (Å²) in [5, 5.41) is 0. The number of ether oxygens (including phenoxy) is 1. The molecule has 0 aromatic rings. The molecule has 0 N–H and O–H groups in total. The molecule has 1 heterocycles. The Morgan fingerprint density at radius 3 is 2.30 bits per heavy atom. The Balaban J connectivity index is 2.46. The average Bonchev–Trinajstić information content (AvgIpc) is 2.45. The molecule has 3 heteroatoms. The van der Waals surface area contributed by atoms with Gasteiger partial charge in [-0.25, -0.2) is 0 Å². The number of nitrogens with zero attached hydrogens (tertiary/aromatic N) is 2. The summed E-state index contributed by atoms with van der Waals surface area (Å²) in [4.78, 5) is 5.30. The van der Waals surface area contributed by atoms with Gasteiger partial charge in [0.25, 0.3) is 0 Å². The van der Waals surface area contributed by atoms with E-state index >= 15 is 0 Å². The minimum atomic E-state index is 0.657. The molecule has 1 aliphatic rings. The molecular weight excluding hydrogens is 248 g/mol. The molecule has 1 fully saturated rings. The van der Waals surface area contributed by atoms with E-state index in [0.717, 1.165) is 32.3 Å². The first-order valence-corrected chi connectivity index (χ1v) is 8.74. The van der Waals surface area contributed by atoms with Crippen LogP contribution in [0.4, 0.5) is 0 Å². The molecule has 1 unspecified atom stereocenters. The van der Waals surface area contributed by atoms with E-state index in [2.05, 4.69) is 37.5 Å². The van der Waals surface area contributed by atoms with Crippen molar-refractivity contribution in [2.75, 3.05) is 39.4 Å². The molecule has 0 aromatic heterocycles. The predicted octanol–water partition coefficient (Wildman–Crippen LogP) is 3.39. The predicted molar refractivity (Wildman–Crippen MR) is 87.3 cm³/mol. The van der Waals surface area contributed by atoms with Crippen molar-refractivity contribution in [3.63, 3.8) is 0 Å². The molecule has 0 amide bonds. The quantitative estimate of drug-likeness (QED) is 0.611. The van der Waals surface area contributed by atoms with Crippen LogP contribution in [-0.2, 0) is 4.74 Å². The van der Waals surface area contributed by atoms with Crippen LogP contribution < -0.4 is 0 Å². The summed E-state index contributed by atoms with van der Waals surface area (Å²) in [7, 11) is 0. The van der Waals surface area contributed by atoms with Crippen molar-refractivity contribution < 1.29 is 4.74 Å². The maximum absolute atomic E-state index is 5.44. The van der Waals surface area contributed by atoms with E-state index in [4.69, 9.17) is 4.74 Å². The van der Waals surface area contributed by atoms with Crippen molar-refractivity contribution in [1.82, 2.24) is 9.80 Å². The van der Waals surface area contributed by atoms with Crippen molar-refractivity contribution in [3.05, 3.63) is 0 Å². The second-order valence-corrected chi connectivity index (χ2v) is 6.37. The van der Waals surface area contributed by atoms with Crippen molar-refractivity contribution in [2.45, 2.75) is 71.9 Å². The van der Waals surface area contributed by atoms with Crippen LogP contribution in [0.25, 0.3) is 0 Å². The fraction of sp³-hybridized carbons (Fsp3) is 1.00. The number of morpholine rings is 1. The SMILES string of the molecule is CCCCC(CCC)N(CCN1CCOCC1)C(C)C. The summed E-state index contributed by atoms with van der Waals surface area (Å²) < 4.78 is 5.44. The van der Waals surface area contributed by atoms with Crippen LogP contribution in [-0.4, -0.2) is 61.3 Å². The molecule has 120 valence electrons. The zero-order valence-electron chi connectivity index (χ0n) is 14.2. The first-order chi connectivity index (χ1) is 9.69. The highest BCUT2D eigenvalue weighted by Gasteiger charge is 2.21. The maximum Gasteiger partial charge on any atom is 0.0594 e. The van der Waals surface area contributed by atoms with E-state index in [1.54, 1.807) is 0 Å². The smallest absolute Gasteiger partial charge is 0.0594 e. The zero-order valence-corrected chi connectivity index (χ0v) is 14.2. The lowest BCUT2D eigenvalue weighted by Crippen LogP contribution is -2.47. The van der Waals surface area contributed by atoms with Gasteiger partial charge in [-0.15, -0.1) is 0 Å². The van der Waals surface area contributed by atoms with Gasteiger partial charge in [0.15, 0.2) is 0 Å². The Hall–Kier alpha value is -0.120. The molecule has 0 saturated carbocycles. The highest BCUT2D eigenvalue weighted by atomic mass is 16.5.